The zero-order valence-electron chi connectivity index (χ0n) is 8.97. The van der Waals surface area contributed by atoms with Crippen LogP contribution in [0, 0.1) is 17.8 Å². The summed E-state index contributed by atoms with van der Waals surface area (Å²) < 4.78 is 0. The topological polar surface area (TPSA) is 3.24 Å². The van der Waals surface area contributed by atoms with Gasteiger partial charge in [0.1, 0.15) is 0 Å². The van der Waals surface area contributed by atoms with Crippen LogP contribution in [0.15, 0.2) is 0 Å². The molecule has 1 saturated carbocycles. The number of hydrogen-bond acceptors (Lipinski definition) is 1. The molecule has 0 atom stereocenters. The average molecular weight is 179 g/mol. The Bertz CT molecular complexity index is 177. The lowest BCUT2D eigenvalue weighted by atomic mass is 10.3. The highest BCUT2D eigenvalue weighted by atomic mass is 15.1. The van der Waals surface area contributed by atoms with Gasteiger partial charge in [-0.15, -0.1) is 0 Å². The van der Waals surface area contributed by atoms with Crippen molar-refractivity contribution in [3.05, 3.63) is 0 Å². The molecule has 0 unspecified atom stereocenters. The molecule has 0 saturated heterocycles. The summed E-state index contributed by atoms with van der Waals surface area (Å²) in [5.41, 5.74) is 0. The fourth-order valence-corrected chi connectivity index (χ4v) is 1.43. The molecule has 13 heavy (non-hydrogen) atoms. The molecule has 1 aliphatic rings. The fraction of sp³-hybridized carbons (Fsp3) is 0.833. The molecule has 0 aromatic heterocycles. The summed E-state index contributed by atoms with van der Waals surface area (Å²) in [5, 5.41) is 0. The van der Waals surface area contributed by atoms with Crippen LogP contribution in [0.25, 0.3) is 0 Å². The molecule has 1 fully saturated rings. The normalized spacial score (nSPS) is 15.6. The van der Waals surface area contributed by atoms with E-state index >= 15 is 0 Å². The lowest BCUT2D eigenvalue weighted by molar-refractivity contribution is 0.308. The number of hydrogen-bond donors (Lipinski definition) is 0. The molecule has 0 aromatic carbocycles. The molecule has 0 aliphatic heterocycles. The first-order chi connectivity index (χ1) is 6.36. The maximum atomic E-state index is 3.31. The van der Waals surface area contributed by atoms with E-state index in [4.69, 9.17) is 0 Å². The highest BCUT2D eigenvalue weighted by molar-refractivity contribution is 5.10. The third kappa shape index (κ3) is 4.95. The molecule has 1 heteroatoms. The van der Waals surface area contributed by atoms with E-state index in [0.717, 1.165) is 12.5 Å². The van der Waals surface area contributed by atoms with Crippen molar-refractivity contribution in [3.63, 3.8) is 0 Å². The van der Waals surface area contributed by atoms with Crippen molar-refractivity contribution in [1.82, 2.24) is 4.90 Å². The van der Waals surface area contributed by atoms with Crippen molar-refractivity contribution in [1.29, 1.82) is 0 Å². The van der Waals surface area contributed by atoms with Crippen molar-refractivity contribution in [2.45, 2.75) is 39.5 Å². The van der Waals surface area contributed by atoms with Crippen LogP contribution in [-0.4, -0.2) is 24.5 Å². The summed E-state index contributed by atoms with van der Waals surface area (Å²) in [6.45, 7) is 7.85. The second-order valence-electron chi connectivity index (χ2n) is 3.87. The van der Waals surface area contributed by atoms with E-state index in [2.05, 4.69) is 30.6 Å². The molecule has 74 valence electrons. The van der Waals surface area contributed by atoms with Crippen molar-refractivity contribution < 1.29 is 0 Å². The summed E-state index contributed by atoms with van der Waals surface area (Å²) in [7, 11) is 0. The highest BCUT2D eigenvalue weighted by Gasteiger charge is 2.17. The van der Waals surface area contributed by atoms with Gasteiger partial charge in [0.05, 0.1) is 6.54 Å². The van der Waals surface area contributed by atoms with E-state index in [1.165, 1.54) is 38.8 Å². The third-order valence-corrected chi connectivity index (χ3v) is 2.27. The Labute approximate surface area is 82.5 Å². The molecule has 0 bridgehead atoms. The average Bonchev–Trinajstić information content (AvgIpc) is 2.89. The third-order valence-electron chi connectivity index (χ3n) is 2.27. The number of nitrogens with zero attached hydrogens (tertiary/aromatic N) is 1. The van der Waals surface area contributed by atoms with Crippen LogP contribution in [0.1, 0.15) is 39.5 Å². The lowest BCUT2D eigenvalue weighted by Gasteiger charge is -2.17. The van der Waals surface area contributed by atoms with Gasteiger partial charge in [0, 0.05) is 5.92 Å². The molecular weight excluding hydrogens is 158 g/mol. The van der Waals surface area contributed by atoms with Crippen LogP contribution >= 0.6 is 0 Å². The SMILES string of the molecule is CCCN(CC#CC1CC1)CCC. The predicted octanol–water partition coefficient (Wildman–Crippen LogP) is 2.52. The molecule has 0 radical (unpaired) electrons. The van der Waals surface area contributed by atoms with Crippen molar-refractivity contribution in [3.8, 4) is 11.8 Å². The Kier molecular flexibility index (Phi) is 4.93. The summed E-state index contributed by atoms with van der Waals surface area (Å²) in [6.07, 6.45) is 5.17. The van der Waals surface area contributed by atoms with Gasteiger partial charge < -0.3 is 0 Å². The molecule has 0 spiro atoms. The highest BCUT2D eigenvalue weighted by Crippen LogP contribution is 2.27. The smallest absolute Gasteiger partial charge is 0.0601 e. The van der Waals surface area contributed by atoms with Gasteiger partial charge in [-0.2, -0.15) is 0 Å². The van der Waals surface area contributed by atoms with Crippen LogP contribution in [0.2, 0.25) is 0 Å². The lowest BCUT2D eigenvalue weighted by Crippen LogP contribution is -2.25. The number of rotatable bonds is 5. The Morgan fingerprint density at radius 3 is 2.23 bits per heavy atom. The van der Waals surface area contributed by atoms with Gasteiger partial charge in [-0.1, -0.05) is 25.7 Å². The molecule has 1 aliphatic carbocycles. The molecule has 1 nitrogen and oxygen atoms in total. The molecule has 0 heterocycles. The van der Waals surface area contributed by atoms with E-state index < -0.39 is 0 Å². The van der Waals surface area contributed by atoms with E-state index in [9.17, 15) is 0 Å². The van der Waals surface area contributed by atoms with Crippen molar-refractivity contribution >= 4 is 0 Å². The Balaban J connectivity index is 2.16. The standard InChI is InChI=1S/C12H21N/c1-3-9-13(10-4-2)11-5-6-12-7-8-12/h12H,3-4,7-11H2,1-2H3. The van der Waals surface area contributed by atoms with E-state index in [1.54, 1.807) is 0 Å². The minimum atomic E-state index is 0.755. The predicted molar refractivity (Wildman–Crippen MR) is 57.5 cm³/mol. The Morgan fingerprint density at radius 2 is 1.77 bits per heavy atom. The van der Waals surface area contributed by atoms with Gasteiger partial charge in [0.25, 0.3) is 0 Å². The summed E-state index contributed by atoms with van der Waals surface area (Å²) in [5.74, 6) is 7.36. The van der Waals surface area contributed by atoms with Crippen LogP contribution in [0.4, 0.5) is 0 Å². The molecular formula is C12H21N. The first kappa shape index (κ1) is 10.6. The maximum Gasteiger partial charge on any atom is 0.0601 e. The van der Waals surface area contributed by atoms with E-state index in [-0.39, 0.29) is 0 Å². The molecule has 0 amide bonds. The van der Waals surface area contributed by atoms with Gasteiger partial charge >= 0.3 is 0 Å². The van der Waals surface area contributed by atoms with Crippen molar-refractivity contribution in [2.75, 3.05) is 19.6 Å². The minimum absolute atomic E-state index is 0.755. The van der Waals surface area contributed by atoms with Crippen LogP contribution in [0.5, 0.6) is 0 Å². The molecule has 1 rings (SSSR count). The van der Waals surface area contributed by atoms with Crippen LogP contribution < -0.4 is 0 Å². The van der Waals surface area contributed by atoms with Gasteiger partial charge in [-0.25, -0.2) is 0 Å². The summed E-state index contributed by atoms with van der Waals surface area (Å²) in [4.78, 5) is 2.45. The molecule has 0 aromatic rings. The van der Waals surface area contributed by atoms with Gasteiger partial charge in [-0.3, -0.25) is 4.90 Å². The van der Waals surface area contributed by atoms with E-state index in [0.29, 0.717) is 0 Å². The van der Waals surface area contributed by atoms with Crippen molar-refractivity contribution in [2.24, 2.45) is 5.92 Å². The zero-order valence-corrected chi connectivity index (χ0v) is 8.97. The maximum absolute atomic E-state index is 3.31. The Morgan fingerprint density at radius 1 is 1.15 bits per heavy atom. The Hall–Kier alpha value is -0.480. The fourth-order valence-electron chi connectivity index (χ4n) is 1.43. The van der Waals surface area contributed by atoms with Gasteiger partial charge in [-0.05, 0) is 38.8 Å². The monoisotopic (exact) mass is 179 g/mol. The van der Waals surface area contributed by atoms with Gasteiger partial charge in [0.15, 0.2) is 0 Å². The first-order valence-electron chi connectivity index (χ1n) is 5.57. The quantitative estimate of drug-likeness (QED) is 0.586. The zero-order chi connectivity index (χ0) is 9.52. The van der Waals surface area contributed by atoms with Gasteiger partial charge in [0.2, 0.25) is 0 Å². The summed E-state index contributed by atoms with van der Waals surface area (Å²) in [6, 6.07) is 0. The van der Waals surface area contributed by atoms with Crippen LogP contribution in [0.3, 0.4) is 0 Å². The minimum Gasteiger partial charge on any atom is -0.292 e. The largest absolute Gasteiger partial charge is 0.292 e. The molecule has 0 N–H and O–H groups in total. The second-order valence-corrected chi connectivity index (χ2v) is 3.87. The first-order valence-corrected chi connectivity index (χ1v) is 5.57. The second kappa shape index (κ2) is 6.05. The van der Waals surface area contributed by atoms with E-state index in [1.807, 2.05) is 0 Å². The van der Waals surface area contributed by atoms with Crippen LogP contribution in [-0.2, 0) is 0 Å². The summed E-state index contributed by atoms with van der Waals surface area (Å²) >= 11 is 0.